The van der Waals surface area contributed by atoms with Crippen LogP contribution in [-0.2, 0) is 4.79 Å². The first-order valence-electron chi connectivity index (χ1n) is 8.26. The number of aliphatic imine (C=N–C) groups is 1. The third-order valence-corrected chi connectivity index (χ3v) is 5.89. The Bertz CT molecular complexity index is 533. The van der Waals surface area contributed by atoms with Crippen molar-refractivity contribution in [3.8, 4) is 6.07 Å². The highest BCUT2D eigenvalue weighted by Crippen LogP contribution is 2.36. The Kier molecular flexibility index (Phi) is 5.16. The van der Waals surface area contributed by atoms with E-state index in [0.717, 1.165) is 55.6 Å². The van der Waals surface area contributed by atoms with Crippen molar-refractivity contribution in [2.45, 2.75) is 38.5 Å². The largest absolute Gasteiger partial charge is 0.339 e. The first-order chi connectivity index (χ1) is 10.8. The number of thioether (sulfide) groups is 1. The van der Waals surface area contributed by atoms with Crippen molar-refractivity contribution in [2.24, 2.45) is 4.99 Å². The lowest BCUT2D eigenvalue weighted by Crippen LogP contribution is -3.14. The van der Waals surface area contributed by atoms with Gasteiger partial charge in [0.1, 0.15) is 0 Å². The van der Waals surface area contributed by atoms with Gasteiger partial charge >= 0.3 is 0 Å². The molecule has 5 nitrogen and oxygen atoms in total. The van der Waals surface area contributed by atoms with Crippen LogP contribution in [-0.4, -0.2) is 48.7 Å². The second-order valence-corrected chi connectivity index (χ2v) is 7.17. The molecule has 0 unspecified atom stereocenters. The predicted octanol–water partition coefficient (Wildman–Crippen LogP) is 0.948. The van der Waals surface area contributed by atoms with E-state index in [4.69, 9.17) is 5.26 Å². The quantitative estimate of drug-likeness (QED) is 0.770. The number of quaternary nitrogens is 1. The number of nitriles is 1. The molecule has 118 valence electrons. The molecule has 0 aromatic rings. The normalized spacial score (nSPS) is 23.7. The van der Waals surface area contributed by atoms with Gasteiger partial charge in [0.15, 0.2) is 5.17 Å². The molecule has 1 saturated heterocycles. The lowest BCUT2D eigenvalue weighted by molar-refractivity contribution is -0.903. The standard InChI is InChI=1S/C16H22N4OS/c17-7-4-8-19-9-11-20(12-10-19)16-18-15(21)14(22-16)13-5-2-1-3-6-13/h1-6,8-12H2/p+1. The zero-order chi connectivity index (χ0) is 15.4. The minimum Gasteiger partial charge on any atom is -0.339 e. The van der Waals surface area contributed by atoms with E-state index < -0.39 is 0 Å². The number of piperazine rings is 1. The molecule has 0 atom stereocenters. The van der Waals surface area contributed by atoms with Gasteiger partial charge in [-0.25, -0.2) is 0 Å². The summed E-state index contributed by atoms with van der Waals surface area (Å²) in [7, 11) is 0. The average Bonchev–Trinajstić information content (AvgIpc) is 2.96. The summed E-state index contributed by atoms with van der Waals surface area (Å²) in [5.74, 6) is -0.0174. The maximum absolute atomic E-state index is 12.2. The summed E-state index contributed by atoms with van der Waals surface area (Å²) in [6.45, 7) is 4.85. The summed E-state index contributed by atoms with van der Waals surface area (Å²) in [6.07, 6.45) is 6.48. The van der Waals surface area contributed by atoms with Gasteiger partial charge in [-0.3, -0.25) is 4.79 Å². The summed E-state index contributed by atoms with van der Waals surface area (Å²) < 4.78 is 0. The Labute approximate surface area is 136 Å². The van der Waals surface area contributed by atoms with Crippen molar-refractivity contribution in [1.82, 2.24) is 4.90 Å². The van der Waals surface area contributed by atoms with E-state index in [1.54, 1.807) is 11.8 Å². The Morgan fingerprint density at radius 1 is 1.23 bits per heavy atom. The number of nitrogens with one attached hydrogen (secondary N) is 1. The van der Waals surface area contributed by atoms with Gasteiger partial charge in [-0.15, -0.1) is 0 Å². The summed E-state index contributed by atoms with van der Waals surface area (Å²) >= 11 is 1.60. The predicted molar refractivity (Wildman–Crippen MR) is 87.5 cm³/mol. The molecule has 1 amide bonds. The third kappa shape index (κ3) is 3.53. The minimum atomic E-state index is -0.0174. The number of amides is 1. The molecule has 1 N–H and O–H groups in total. The Morgan fingerprint density at radius 2 is 1.95 bits per heavy atom. The van der Waals surface area contributed by atoms with Crippen LogP contribution in [0.3, 0.4) is 0 Å². The van der Waals surface area contributed by atoms with E-state index in [1.807, 2.05) is 0 Å². The van der Waals surface area contributed by atoms with Gasteiger partial charge < -0.3 is 9.80 Å². The number of allylic oxidation sites excluding steroid dienone is 1. The number of carbonyl (C=O) groups is 1. The first-order valence-corrected chi connectivity index (χ1v) is 9.08. The summed E-state index contributed by atoms with van der Waals surface area (Å²) in [5.41, 5.74) is 1.33. The van der Waals surface area contributed by atoms with E-state index in [2.05, 4.69) is 16.0 Å². The van der Waals surface area contributed by atoms with Crippen LogP contribution in [0.25, 0.3) is 0 Å². The highest BCUT2D eigenvalue weighted by atomic mass is 32.2. The maximum Gasteiger partial charge on any atom is 0.286 e. The smallest absolute Gasteiger partial charge is 0.286 e. The fourth-order valence-corrected chi connectivity index (χ4v) is 4.46. The van der Waals surface area contributed by atoms with Crippen LogP contribution in [0.5, 0.6) is 0 Å². The minimum absolute atomic E-state index is 0.0174. The molecule has 3 aliphatic rings. The van der Waals surface area contributed by atoms with E-state index in [-0.39, 0.29) is 5.91 Å². The third-order valence-electron chi connectivity index (χ3n) is 4.69. The van der Waals surface area contributed by atoms with Crippen LogP contribution in [0, 0.1) is 11.3 Å². The molecule has 2 fully saturated rings. The van der Waals surface area contributed by atoms with E-state index in [1.165, 1.54) is 29.7 Å². The van der Waals surface area contributed by atoms with Crippen molar-refractivity contribution < 1.29 is 9.69 Å². The van der Waals surface area contributed by atoms with Crippen LogP contribution in [0.1, 0.15) is 38.5 Å². The molecule has 22 heavy (non-hydrogen) atoms. The van der Waals surface area contributed by atoms with E-state index in [0.29, 0.717) is 6.42 Å². The second kappa shape index (κ2) is 7.30. The highest BCUT2D eigenvalue weighted by molar-refractivity contribution is 8.18. The molecular formula is C16H23N4OS+. The second-order valence-electron chi connectivity index (χ2n) is 6.19. The Balaban J connectivity index is 1.57. The molecule has 0 bridgehead atoms. The highest BCUT2D eigenvalue weighted by Gasteiger charge is 2.31. The van der Waals surface area contributed by atoms with Crippen molar-refractivity contribution in [2.75, 3.05) is 32.7 Å². The van der Waals surface area contributed by atoms with Gasteiger partial charge in [0.2, 0.25) is 0 Å². The molecule has 2 aliphatic heterocycles. The fraction of sp³-hybridized carbons (Fsp3) is 0.688. The average molecular weight is 319 g/mol. The molecule has 6 heteroatoms. The number of hydrogen-bond acceptors (Lipinski definition) is 4. The topological polar surface area (TPSA) is 60.9 Å². The molecule has 0 spiro atoms. The number of carbonyl (C=O) groups excluding carboxylic acids is 1. The molecule has 0 aromatic carbocycles. The first kappa shape index (κ1) is 15.6. The van der Waals surface area contributed by atoms with Gasteiger partial charge in [0, 0.05) is 0 Å². The van der Waals surface area contributed by atoms with Crippen molar-refractivity contribution >= 4 is 22.8 Å². The molecule has 3 rings (SSSR count). The fourth-order valence-electron chi connectivity index (χ4n) is 3.36. The Hall–Kier alpha value is -1.32. The maximum atomic E-state index is 12.2. The van der Waals surface area contributed by atoms with Crippen LogP contribution in [0.15, 0.2) is 15.5 Å². The number of amidine groups is 1. The summed E-state index contributed by atoms with van der Waals surface area (Å²) in [5, 5.41) is 9.57. The van der Waals surface area contributed by atoms with Crippen molar-refractivity contribution in [3.63, 3.8) is 0 Å². The zero-order valence-corrected chi connectivity index (χ0v) is 13.8. The summed E-state index contributed by atoms with van der Waals surface area (Å²) in [6, 6.07) is 2.22. The number of rotatable bonds is 2. The molecule has 1 saturated carbocycles. The van der Waals surface area contributed by atoms with Gasteiger partial charge in [0.25, 0.3) is 5.91 Å². The molecular weight excluding hydrogens is 296 g/mol. The van der Waals surface area contributed by atoms with Crippen LogP contribution in [0.4, 0.5) is 0 Å². The van der Waals surface area contributed by atoms with Gasteiger partial charge in [-0.1, -0.05) is 12.0 Å². The van der Waals surface area contributed by atoms with Crippen molar-refractivity contribution in [1.29, 1.82) is 5.26 Å². The van der Waals surface area contributed by atoms with Crippen LogP contribution < -0.4 is 4.90 Å². The number of nitrogens with zero attached hydrogens (tertiary/aromatic N) is 3. The molecule has 0 aromatic heterocycles. The monoisotopic (exact) mass is 319 g/mol. The lowest BCUT2D eigenvalue weighted by atomic mass is 9.94. The molecule has 0 radical (unpaired) electrons. The Morgan fingerprint density at radius 3 is 2.64 bits per heavy atom. The number of hydrogen-bond donors (Lipinski definition) is 1. The SMILES string of the molecule is N#CCC[NH+]1CCN(C2=NC(=O)C(=C3CCCCC3)S2)CC1. The van der Waals surface area contributed by atoms with Gasteiger partial charge in [0.05, 0.1) is 50.1 Å². The van der Waals surface area contributed by atoms with Gasteiger partial charge in [-0.2, -0.15) is 10.3 Å². The summed E-state index contributed by atoms with van der Waals surface area (Å²) in [4.78, 5) is 21.1. The lowest BCUT2D eigenvalue weighted by Gasteiger charge is -2.32. The van der Waals surface area contributed by atoms with E-state index >= 15 is 0 Å². The van der Waals surface area contributed by atoms with Crippen molar-refractivity contribution in [3.05, 3.63) is 10.5 Å². The molecule has 1 aliphatic carbocycles. The van der Waals surface area contributed by atoms with Gasteiger partial charge in [-0.05, 0) is 37.4 Å². The van der Waals surface area contributed by atoms with Crippen LogP contribution in [0.2, 0.25) is 0 Å². The van der Waals surface area contributed by atoms with Crippen LogP contribution >= 0.6 is 11.8 Å². The zero-order valence-electron chi connectivity index (χ0n) is 12.9. The molecule has 2 heterocycles. The van der Waals surface area contributed by atoms with E-state index in [9.17, 15) is 4.79 Å².